The Morgan fingerprint density at radius 2 is 2.20 bits per heavy atom. The number of nitrogens with two attached hydrogens (primary N) is 1. The molecule has 1 aromatic heterocycles. The molecule has 1 fully saturated rings. The number of hydrogen-bond acceptors (Lipinski definition) is 6. The Kier molecular flexibility index (Phi) is 4.02. The molecule has 0 bridgehead atoms. The molecule has 0 spiro atoms. The summed E-state index contributed by atoms with van der Waals surface area (Å²) in [5.74, 6) is -0.114. The Bertz CT molecular complexity index is 572. The molecule has 6 heteroatoms. The predicted molar refractivity (Wildman–Crippen MR) is 80.1 cm³/mol. The van der Waals surface area contributed by atoms with Crippen molar-refractivity contribution in [3.05, 3.63) is 10.4 Å². The average Bonchev–Trinajstić information content (AvgIpc) is 2.59. The highest BCUT2D eigenvalue weighted by Gasteiger charge is 2.28. The summed E-state index contributed by atoms with van der Waals surface area (Å²) < 4.78 is 0. The Morgan fingerprint density at radius 1 is 1.50 bits per heavy atom. The number of nitriles is 1. The molecule has 0 amide bonds. The Balaban J connectivity index is 2.35. The standard InChI is InChI=1S/C14H19N3O2S/c1-9(18)12-11(16)10(8-15)13(20-12)17-6-3-4-14(2,19)5-7-17/h19H,3-7,16H2,1-2H3. The van der Waals surface area contributed by atoms with Crippen LogP contribution in [0.1, 0.15) is 48.3 Å². The maximum Gasteiger partial charge on any atom is 0.171 e. The summed E-state index contributed by atoms with van der Waals surface area (Å²) in [4.78, 5) is 14.1. The number of nitrogens with zero attached hydrogens (tertiary/aromatic N) is 2. The van der Waals surface area contributed by atoms with Crippen LogP contribution in [0.15, 0.2) is 0 Å². The molecule has 0 aliphatic carbocycles. The molecule has 0 saturated carbocycles. The van der Waals surface area contributed by atoms with Crippen LogP contribution in [-0.4, -0.2) is 29.6 Å². The zero-order chi connectivity index (χ0) is 14.9. The number of Topliss-reactive ketones (excluding diaryl/α,β-unsaturated/α-hetero) is 1. The van der Waals surface area contributed by atoms with Crippen molar-refractivity contribution in [1.82, 2.24) is 0 Å². The van der Waals surface area contributed by atoms with E-state index in [1.54, 1.807) is 0 Å². The van der Waals surface area contributed by atoms with Gasteiger partial charge in [0.25, 0.3) is 0 Å². The first-order chi connectivity index (χ1) is 9.35. The lowest BCUT2D eigenvalue weighted by molar-refractivity contribution is 0.0481. The van der Waals surface area contributed by atoms with E-state index in [0.717, 1.165) is 24.4 Å². The van der Waals surface area contributed by atoms with Gasteiger partial charge in [-0.25, -0.2) is 0 Å². The van der Waals surface area contributed by atoms with Crippen LogP contribution >= 0.6 is 11.3 Å². The van der Waals surface area contributed by atoms with Gasteiger partial charge in [-0.1, -0.05) is 0 Å². The second-order valence-corrected chi connectivity index (χ2v) is 6.53. The Morgan fingerprint density at radius 3 is 2.80 bits per heavy atom. The molecule has 1 aromatic rings. The quantitative estimate of drug-likeness (QED) is 0.815. The van der Waals surface area contributed by atoms with Gasteiger partial charge in [0.2, 0.25) is 0 Å². The van der Waals surface area contributed by atoms with Gasteiger partial charge in [0.05, 0.1) is 16.2 Å². The van der Waals surface area contributed by atoms with Gasteiger partial charge in [0.1, 0.15) is 16.6 Å². The van der Waals surface area contributed by atoms with E-state index in [1.807, 2.05) is 6.92 Å². The third kappa shape index (κ3) is 2.79. The number of carbonyl (C=O) groups excluding carboxylic acids is 1. The zero-order valence-electron chi connectivity index (χ0n) is 11.8. The average molecular weight is 293 g/mol. The minimum Gasteiger partial charge on any atom is -0.396 e. The number of anilines is 2. The lowest BCUT2D eigenvalue weighted by Crippen LogP contribution is -2.28. The number of ketones is 1. The van der Waals surface area contributed by atoms with Gasteiger partial charge < -0.3 is 15.7 Å². The van der Waals surface area contributed by atoms with E-state index in [9.17, 15) is 15.2 Å². The van der Waals surface area contributed by atoms with Gasteiger partial charge >= 0.3 is 0 Å². The van der Waals surface area contributed by atoms with Gasteiger partial charge in [-0.05, 0) is 26.2 Å². The third-order valence-electron chi connectivity index (χ3n) is 3.71. The van der Waals surface area contributed by atoms with Crippen LogP contribution in [0.3, 0.4) is 0 Å². The van der Waals surface area contributed by atoms with E-state index in [2.05, 4.69) is 11.0 Å². The molecular weight excluding hydrogens is 274 g/mol. The fourth-order valence-corrected chi connectivity index (χ4v) is 3.61. The zero-order valence-corrected chi connectivity index (χ0v) is 12.6. The molecule has 0 aromatic carbocycles. The van der Waals surface area contributed by atoms with E-state index in [0.29, 0.717) is 23.4 Å². The molecule has 3 N–H and O–H groups in total. The van der Waals surface area contributed by atoms with Crippen molar-refractivity contribution >= 4 is 27.8 Å². The highest BCUT2D eigenvalue weighted by molar-refractivity contribution is 7.19. The predicted octanol–water partition coefficient (Wildman–Crippen LogP) is 2.15. The fourth-order valence-electron chi connectivity index (χ4n) is 2.49. The second-order valence-electron chi connectivity index (χ2n) is 5.53. The number of carbonyl (C=O) groups is 1. The lowest BCUT2D eigenvalue weighted by Gasteiger charge is -2.23. The number of thiophene rings is 1. The molecule has 2 heterocycles. The Hall–Kier alpha value is -1.58. The molecule has 1 unspecified atom stereocenters. The van der Waals surface area contributed by atoms with E-state index >= 15 is 0 Å². The van der Waals surface area contributed by atoms with Gasteiger partial charge in [-0.2, -0.15) is 5.26 Å². The smallest absolute Gasteiger partial charge is 0.171 e. The molecule has 2 rings (SSSR count). The molecular formula is C14H19N3O2S. The van der Waals surface area contributed by atoms with Crippen LogP contribution < -0.4 is 10.6 Å². The van der Waals surface area contributed by atoms with Crippen molar-refractivity contribution in [2.24, 2.45) is 0 Å². The molecule has 108 valence electrons. The van der Waals surface area contributed by atoms with E-state index in [4.69, 9.17) is 5.73 Å². The third-order valence-corrected chi connectivity index (χ3v) is 5.08. The summed E-state index contributed by atoms with van der Waals surface area (Å²) in [7, 11) is 0. The van der Waals surface area contributed by atoms with Crippen molar-refractivity contribution in [2.75, 3.05) is 23.7 Å². The largest absolute Gasteiger partial charge is 0.396 e. The van der Waals surface area contributed by atoms with Crippen LogP contribution in [0.5, 0.6) is 0 Å². The molecule has 1 atom stereocenters. The summed E-state index contributed by atoms with van der Waals surface area (Å²) >= 11 is 1.28. The highest BCUT2D eigenvalue weighted by atomic mass is 32.1. The van der Waals surface area contributed by atoms with Crippen LogP contribution in [0.2, 0.25) is 0 Å². The Labute approximate surface area is 122 Å². The molecule has 1 aliphatic rings. The minimum absolute atomic E-state index is 0.114. The van der Waals surface area contributed by atoms with E-state index in [1.165, 1.54) is 18.3 Å². The van der Waals surface area contributed by atoms with Gasteiger partial charge in [0.15, 0.2) is 5.78 Å². The van der Waals surface area contributed by atoms with Crippen molar-refractivity contribution in [3.63, 3.8) is 0 Å². The SMILES string of the molecule is CC(=O)c1sc(N2CCCC(C)(O)CC2)c(C#N)c1N. The first kappa shape index (κ1) is 14.8. The monoisotopic (exact) mass is 293 g/mol. The summed E-state index contributed by atoms with van der Waals surface area (Å²) in [6.45, 7) is 4.73. The van der Waals surface area contributed by atoms with Crippen molar-refractivity contribution < 1.29 is 9.90 Å². The van der Waals surface area contributed by atoms with Gasteiger partial charge in [-0.15, -0.1) is 11.3 Å². The second kappa shape index (κ2) is 5.43. The molecule has 0 radical (unpaired) electrons. The number of rotatable bonds is 2. The van der Waals surface area contributed by atoms with Gasteiger partial charge in [-0.3, -0.25) is 4.79 Å². The summed E-state index contributed by atoms with van der Waals surface area (Å²) in [6, 6.07) is 2.11. The minimum atomic E-state index is -0.659. The topological polar surface area (TPSA) is 90.4 Å². The van der Waals surface area contributed by atoms with E-state index < -0.39 is 5.60 Å². The number of nitrogen functional groups attached to an aromatic ring is 1. The molecule has 20 heavy (non-hydrogen) atoms. The number of hydrogen-bond donors (Lipinski definition) is 2. The van der Waals surface area contributed by atoms with Gasteiger partial charge in [0, 0.05) is 20.0 Å². The normalized spacial score (nSPS) is 23.2. The first-order valence-corrected chi connectivity index (χ1v) is 7.48. The lowest BCUT2D eigenvalue weighted by atomic mass is 9.98. The van der Waals surface area contributed by atoms with Crippen LogP contribution in [0.25, 0.3) is 0 Å². The first-order valence-electron chi connectivity index (χ1n) is 6.66. The van der Waals surface area contributed by atoms with Crippen LogP contribution in [-0.2, 0) is 0 Å². The summed E-state index contributed by atoms with van der Waals surface area (Å²) in [5.41, 5.74) is 5.93. The van der Waals surface area contributed by atoms with Crippen LogP contribution in [0.4, 0.5) is 10.7 Å². The molecule has 5 nitrogen and oxygen atoms in total. The van der Waals surface area contributed by atoms with Crippen molar-refractivity contribution in [1.29, 1.82) is 5.26 Å². The van der Waals surface area contributed by atoms with Crippen molar-refractivity contribution in [3.8, 4) is 6.07 Å². The summed E-state index contributed by atoms with van der Waals surface area (Å²) in [6.07, 6.45) is 2.24. The van der Waals surface area contributed by atoms with Crippen LogP contribution in [0, 0.1) is 11.3 Å². The van der Waals surface area contributed by atoms with Crippen molar-refractivity contribution in [2.45, 2.75) is 38.7 Å². The number of aliphatic hydroxyl groups is 1. The fraction of sp³-hybridized carbons (Fsp3) is 0.571. The van der Waals surface area contributed by atoms with E-state index in [-0.39, 0.29) is 11.5 Å². The highest BCUT2D eigenvalue weighted by Crippen LogP contribution is 2.39. The molecule has 1 saturated heterocycles. The molecule has 1 aliphatic heterocycles. The maximum atomic E-state index is 11.6. The summed E-state index contributed by atoms with van der Waals surface area (Å²) in [5, 5.41) is 20.2. The maximum absolute atomic E-state index is 11.6.